The third-order valence-corrected chi connectivity index (χ3v) is 2.31. The lowest BCUT2D eigenvalue weighted by Gasteiger charge is -2.12. The monoisotopic (exact) mass is 265 g/mol. The molecule has 18 heavy (non-hydrogen) atoms. The van der Waals surface area contributed by atoms with E-state index in [-0.39, 0.29) is 18.8 Å². The first-order valence-electron chi connectivity index (χ1n) is 5.61. The summed E-state index contributed by atoms with van der Waals surface area (Å²) < 4.78 is 54.3. The normalized spacial score (nSPS) is 11.6. The largest absolute Gasteiger partial charge is 0.490 e. The second-order valence-electron chi connectivity index (χ2n) is 3.83. The van der Waals surface area contributed by atoms with Gasteiger partial charge >= 0.3 is 6.18 Å². The molecule has 0 amide bonds. The predicted molar refractivity (Wildman–Crippen MR) is 59.9 cm³/mol. The molecule has 2 N–H and O–H groups in total. The Morgan fingerprint density at radius 2 is 1.94 bits per heavy atom. The number of hydrogen-bond acceptors (Lipinski definition) is 2. The Hall–Kier alpha value is -1.30. The fourth-order valence-electron chi connectivity index (χ4n) is 1.51. The van der Waals surface area contributed by atoms with Gasteiger partial charge in [0.25, 0.3) is 0 Å². The van der Waals surface area contributed by atoms with Crippen LogP contribution in [0.15, 0.2) is 18.2 Å². The molecule has 2 nitrogen and oxygen atoms in total. The Morgan fingerprint density at radius 1 is 1.22 bits per heavy atom. The van der Waals surface area contributed by atoms with Crippen molar-refractivity contribution in [3.63, 3.8) is 0 Å². The molecule has 0 aliphatic heterocycles. The summed E-state index contributed by atoms with van der Waals surface area (Å²) >= 11 is 0. The molecule has 0 bridgehead atoms. The molecule has 0 aromatic heterocycles. The zero-order valence-corrected chi connectivity index (χ0v) is 9.77. The van der Waals surface area contributed by atoms with Gasteiger partial charge in [0, 0.05) is 6.42 Å². The maximum Gasteiger partial charge on any atom is 0.389 e. The zero-order chi connectivity index (χ0) is 13.6. The SMILES string of the molecule is NCCc1cccc(F)c1OCCCC(F)(F)F. The first-order valence-corrected chi connectivity index (χ1v) is 5.61. The number of ether oxygens (including phenoxy) is 1. The maximum absolute atomic E-state index is 13.4. The van der Waals surface area contributed by atoms with Gasteiger partial charge in [0.15, 0.2) is 11.6 Å². The molecule has 1 rings (SSSR count). The molecule has 0 aliphatic carbocycles. The summed E-state index contributed by atoms with van der Waals surface area (Å²) in [4.78, 5) is 0. The number of benzene rings is 1. The van der Waals surface area contributed by atoms with Crippen molar-refractivity contribution in [3.05, 3.63) is 29.6 Å². The van der Waals surface area contributed by atoms with Gasteiger partial charge in [-0.3, -0.25) is 0 Å². The summed E-state index contributed by atoms with van der Waals surface area (Å²) in [5, 5.41) is 0. The topological polar surface area (TPSA) is 35.2 Å². The van der Waals surface area contributed by atoms with Crippen molar-refractivity contribution in [1.82, 2.24) is 0 Å². The first-order chi connectivity index (χ1) is 8.44. The molecule has 0 spiro atoms. The highest BCUT2D eigenvalue weighted by Crippen LogP contribution is 2.25. The number of para-hydroxylation sites is 1. The average Bonchev–Trinajstić information content (AvgIpc) is 2.26. The molecule has 102 valence electrons. The Kier molecular flexibility index (Phi) is 5.40. The lowest BCUT2D eigenvalue weighted by molar-refractivity contribution is -0.136. The molecular weight excluding hydrogens is 250 g/mol. The van der Waals surface area contributed by atoms with E-state index in [1.165, 1.54) is 12.1 Å². The number of nitrogens with two attached hydrogens (primary N) is 1. The Balaban J connectivity index is 2.55. The quantitative estimate of drug-likeness (QED) is 0.633. The molecule has 0 unspecified atom stereocenters. The summed E-state index contributed by atoms with van der Waals surface area (Å²) in [6.07, 6.45) is -4.92. The van der Waals surface area contributed by atoms with Crippen molar-refractivity contribution in [3.8, 4) is 5.75 Å². The minimum Gasteiger partial charge on any atom is -0.490 e. The molecule has 0 heterocycles. The van der Waals surface area contributed by atoms with Crippen LogP contribution in [0.4, 0.5) is 17.6 Å². The van der Waals surface area contributed by atoms with Crippen molar-refractivity contribution in [2.75, 3.05) is 13.2 Å². The van der Waals surface area contributed by atoms with E-state index in [2.05, 4.69) is 0 Å². The Morgan fingerprint density at radius 3 is 2.56 bits per heavy atom. The average molecular weight is 265 g/mol. The molecule has 0 aliphatic rings. The van der Waals surface area contributed by atoms with Gasteiger partial charge in [0.1, 0.15) is 0 Å². The van der Waals surface area contributed by atoms with Gasteiger partial charge < -0.3 is 10.5 Å². The van der Waals surface area contributed by atoms with Crippen molar-refractivity contribution in [2.45, 2.75) is 25.4 Å². The predicted octanol–water partition coefficient (Wildman–Crippen LogP) is 3.05. The molecule has 1 aromatic carbocycles. The number of hydrogen-bond donors (Lipinski definition) is 1. The second-order valence-corrected chi connectivity index (χ2v) is 3.83. The number of alkyl halides is 3. The molecular formula is C12H15F4NO. The minimum atomic E-state index is -4.21. The highest BCUT2D eigenvalue weighted by molar-refractivity contribution is 5.35. The standard InChI is InChI=1S/C12H15F4NO/c13-10-4-1-3-9(5-7-17)11(10)18-8-2-6-12(14,15)16/h1,3-4H,2,5-8,17H2. The van der Waals surface area contributed by atoms with Gasteiger partial charge in [-0.1, -0.05) is 12.1 Å². The summed E-state index contributed by atoms with van der Waals surface area (Å²) in [5.74, 6) is -0.571. The van der Waals surface area contributed by atoms with Crippen LogP contribution < -0.4 is 10.5 Å². The van der Waals surface area contributed by atoms with Crippen LogP contribution in [-0.2, 0) is 6.42 Å². The first kappa shape index (κ1) is 14.8. The van der Waals surface area contributed by atoms with Gasteiger partial charge in [-0.2, -0.15) is 13.2 Å². The van der Waals surface area contributed by atoms with E-state index in [4.69, 9.17) is 10.5 Å². The Labute approximate surface area is 103 Å². The van der Waals surface area contributed by atoms with Crippen molar-refractivity contribution < 1.29 is 22.3 Å². The second kappa shape index (κ2) is 6.58. The van der Waals surface area contributed by atoms with E-state index < -0.39 is 18.4 Å². The molecule has 0 radical (unpaired) electrons. The summed E-state index contributed by atoms with van der Waals surface area (Å²) in [6, 6.07) is 4.37. The minimum absolute atomic E-state index is 0.00474. The molecule has 0 saturated carbocycles. The van der Waals surface area contributed by atoms with Crippen LogP contribution in [-0.4, -0.2) is 19.3 Å². The summed E-state index contributed by atoms with van der Waals surface area (Å²) in [7, 11) is 0. The third kappa shape index (κ3) is 4.91. The lowest BCUT2D eigenvalue weighted by atomic mass is 10.1. The van der Waals surface area contributed by atoms with Crippen LogP contribution in [0.25, 0.3) is 0 Å². The van der Waals surface area contributed by atoms with Gasteiger partial charge in [0.2, 0.25) is 0 Å². The smallest absolute Gasteiger partial charge is 0.389 e. The fourth-order valence-corrected chi connectivity index (χ4v) is 1.51. The lowest BCUT2D eigenvalue weighted by Crippen LogP contribution is -2.11. The molecule has 1 aromatic rings. The fraction of sp³-hybridized carbons (Fsp3) is 0.500. The van der Waals surface area contributed by atoms with Crippen LogP contribution in [0.5, 0.6) is 5.75 Å². The van der Waals surface area contributed by atoms with E-state index in [0.717, 1.165) is 0 Å². The number of halogens is 4. The molecule has 0 saturated heterocycles. The van der Waals surface area contributed by atoms with Crippen LogP contribution in [0.1, 0.15) is 18.4 Å². The van der Waals surface area contributed by atoms with Gasteiger partial charge in [0.05, 0.1) is 6.61 Å². The van der Waals surface area contributed by atoms with Crippen LogP contribution in [0.3, 0.4) is 0 Å². The van der Waals surface area contributed by atoms with E-state index in [1.54, 1.807) is 6.07 Å². The third-order valence-electron chi connectivity index (χ3n) is 2.31. The van der Waals surface area contributed by atoms with Crippen molar-refractivity contribution >= 4 is 0 Å². The van der Waals surface area contributed by atoms with Crippen LogP contribution >= 0.6 is 0 Å². The summed E-state index contributed by atoms with van der Waals surface area (Å²) in [5.41, 5.74) is 5.94. The Bertz CT molecular complexity index is 379. The zero-order valence-electron chi connectivity index (χ0n) is 9.77. The van der Waals surface area contributed by atoms with Crippen LogP contribution in [0.2, 0.25) is 0 Å². The molecule has 6 heteroatoms. The van der Waals surface area contributed by atoms with E-state index >= 15 is 0 Å². The van der Waals surface area contributed by atoms with E-state index in [0.29, 0.717) is 18.5 Å². The van der Waals surface area contributed by atoms with Crippen molar-refractivity contribution in [1.29, 1.82) is 0 Å². The number of rotatable bonds is 6. The molecule has 0 fully saturated rings. The van der Waals surface area contributed by atoms with E-state index in [1.807, 2.05) is 0 Å². The van der Waals surface area contributed by atoms with Gasteiger partial charge in [-0.15, -0.1) is 0 Å². The van der Waals surface area contributed by atoms with Crippen molar-refractivity contribution in [2.24, 2.45) is 5.73 Å². The van der Waals surface area contributed by atoms with Crippen LogP contribution in [0, 0.1) is 5.82 Å². The highest BCUT2D eigenvalue weighted by Gasteiger charge is 2.26. The maximum atomic E-state index is 13.4. The van der Waals surface area contributed by atoms with Gasteiger partial charge in [-0.25, -0.2) is 4.39 Å². The summed E-state index contributed by atoms with van der Waals surface area (Å²) in [6.45, 7) is 0.153. The van der Waals surface area contributed by atoms with Gasteiger partial charge in [-0.05, 0) is 31.0 Å². The van der Waals surface area contributed by atoms with E-state index in [9.17, 15) is 17.6 Å². The molecule has 0 atom stereocenters. The highest BCUT2D eigenvalue weighted by atomic mass is 19.4.